The summed E-state index contributed by atoms with van der Waals surface area (Å²) in [6.45, 7) is 33.1. The van der Waals surface area contributed by atoms with Gasteiger partial charge in [0, 0.05) is 63.7 Å². The minimum atomic E-state index is -1.19. The van der Waals surface area contributed by atoms with Gasteiger partial charge in [0.25, 0.3) is 5.78 Å². The van der Waals surface area contributed by atoms with E-state index >= 15 is 0 Å². The van der Waals surface area contributed by atoms with Crippen LogP contribution in [0.3, 0.4) is 0 Å². The summed E-state index contributed by atoms with van der Waals surface area (Å²) in [5, 5.41) is 14.8. The third kappa shape index (κ3) is 50.1. The topological polar surface area (TPSA) is 318 Å². The van der Waals surface area contributed by atoms with Crippen molar-refractivity contribution < 1.29 is 76.6 Å². The highest BCUT2D eigenvalue weighted by molar-refractivity contribution is 6.36. The largest absolute Gasteiger partial charge is 0.454 e. The zero-order valence-electron chi connectivity index (χ0n) is 55.6. The molecule has 0 aliphatic carbocycles. The number of Topliss-reactive ketones (excluding diaryl/α,β-unsaturated/α-hetero) is 2. The zero-order chi connectivity index (χ0) is 67.5. The molecule has 0 saturated heterocycles. The van der Waals surface area contributed by atoms with E-state index in [-0.39, 0.29) is 89.4 Å². The molecule has 0 aliphatic rings. The molecular weight excluding hydrogens is 1120 g/mol. The van der Waals surface area contributed by atoms with Gasteiger partial charge in [-0.2, -0.15) is 28.8 Å². The van der Waals surface area contributed by atoms with Crippen LogP contribution in [0, 0.1) is 35.0 Å². The molecule has 0 aromatic heterocycles. The normalized spacial score (nSPS) is 12.6. The van der Waals surface area contributed by atoms with Gasteiger partial charge in [0.2, 0.25) is 23.6 Å². The standard InChI is InChI=1S/C63H109N5O10.3CO2/c1-45-32-34-46(35-33-45)27-26-31-52(70)64-41-25-22-30-50(55(73)57(75)77-62(11,12)13)67-56(74)47(28-21-24-42-66-58(76)78-63(14,15)16)43-49(69)29-20-18-17-19-23-40-65-53(71)37-36-51(61(8,9)10)68-54(72)44-48(60(5,6)7)38-39-59(2,3)4;3*2-1-3/h32-35,47-48,50-51H,17-31,36-44H2,1-16H3,(H,64,70)(H,65,71)(H,66,76)(H,67,74)(H,68,72);;;/t47?,48?,50-,51?;;;/m0.../s1. The van der Waals surface area contributed by atoms with Crippen LogP contribution in [0.5, 0.6) is 0 Å². The third-order valence-corrected chi connectivity index (χ3v) is 13.9. The molecule has 0 radical (unpaired) electrons. The van der Waals surface area contributed by atoms with Crippen molar-refractivity contribution >= 4 is 65.7 Å². The number of unbranched alkanes of at least 4 members (excludes halogenated alkanes) is 6. The van der Waals surface area contributed by atoms with Crippen LogP contribution in [0.15, 0.2) is 24.3 Å². The van der Waals surface area contributed by atoms with Gasteiger partial charge in [0.05, 0.1) is 6.04 Å². The lowest BCUT2D eigenvalue weighted by molar-refractivity contribution is -0.193. The first-order valence-corrected chi connectivity index (χ1v) is 30.7. The Morgan fingerprint density at radius 3 is 1.47 bits per heavy atom. The summed E-state index contributed by atoms with van der Waals surface area (Å²) >= 11 is 0. The fraction of sp³-hybridized carbons (Fsp3) is 0.742. The number of carbonyl (C=O) groups excluding carboxylic acids is 14. The number of benzene rings is 1. The number of aryl methyl sites for hydroxylation is 2. The van der Waals surface area contributed by atoms with Gasteiger partial charge in [-0.3, -0.25) is 28.8 Å². The highest BCUT2D eigenvalue weighted by atomic mass is 16.6. The van der Waals surface area contributed by atoms with E-state index in [1.807, 2.05) is 6.92 Å². The van der Waals surface area contributed by atoms with Gasteiger partial charge in [-0.15, -0.1) is 0 Å². The van der Waals surface area contributed by atoms with Crippen LogP contribution in [-0.4, -0.2) is 109 Å². The Morgan fingerprint density at radius 2 is 0.966 bits per heavy atom. The van der Waals surface area contributed by atoms with E-state index in [1.54, 1.807) is 41.5 Å². The molecule has 0 spiro atoms. The van der Waals surface area contributed by atoms with E-state index in [4.69, 9.17) is 38.2 Å². The number of rotatable bonds is 36. The van der Waals surface area contributed by atoms with Gasteiger partial charge in [0.1, 0.15) is 17.0 Å². The molecule has 0 bridgehead atoms. The molecule has 4 atom stereocenters. The molecule has 1 rings (SSSR count). The van der Waals surface area contributed by atoms with Crippen LogP contribution in [0.1, 0.15) is 243 Å². The average molecular weight is 1230 g/mol. The van der Waals surface area contributed by atoms with Gasteiger partial charge in [-0.1, -0.05) is 118 Å². The lowest BCUT2D eigenvalue weighted by Crippen LogP contribution is -2.48. The number of ketones is 2. The van der Waals surface area contributed by atoms with Gasteiger partial charge in [0.15, 0.2) is 0 Å². The minimum Gasteiger partial charge on any atom is -0.454 e. The van der Waals surface area contributed by atoms with Crippen LogP contribution < -0.4 is 26.6 Å². The maximum atomic E-state index is 14.1. The summed E-state index contributed by atoms with van der Waals surface area (Å²) in [4.78, 5) is 154. The second-order valence-electron chi connectivity index (χ2n) is 27.5. The molecule has 5 amide bonds. The monoisotopic (exact) mass is 1230 g/mol. The molecule has 0 aliphatic heterocycles. The first kappa shape index (κ1) is 84.5. The summed E-state index contributed by atoms with van der Waals surface area (Å²) in [5.41, 5.74) is 0.751. The third-order valence-electron chi connectivity index (χ3n) is 13.9. The molecule has 0 fully saturated rings. The predicted molar refractivity (Wildman–Crippen MR) is 328 cm³/mol. The number of carbonyl (C=O) groups is 8. The van der Waals surface area contributed by atoms with E-state index in [9.17, 15) is 38.4 Å². The number of hydrogen-bond donors (Lipinski definition) is 5. The van der Waals surface area contributed by atoms with Crippen LogP contribution in [0.25, 0.3) is 0 Å². The molecule has 21 nitrogen and oxygen atoms in total. The van der Waals surface area contributed by atoms with Crippen molar-refractivity contribution in [1.29, 1.82) is 0 Å². The highest BCUT2D eigenvalue weighted by Gasteiger charge is 2.34. The summed E-state index contributed by atoms with van der Waals surface area (Å²) < 4.78 is 10.7. The van der Waals surface area contributed by atoms with Crippen molar-refractivity contribution in [3.05, 3.63) is 35.4 Å². The first-order valence-electron chi connectivity index (χ1n) is 30.7. The predicted octanol–water partition coefficient (Wildman–Crippen LogP) is 10.2. The van der Waals surface area contributed by atoms with Crippen LogP contribution in [0.2, 0.25) is 0 Å². The molecule has 87 heavy (non-hydrogen) atoms. The number of alkyl carbamates (subject to hydrolysis) is 1. The molecule has 0 heterocycles. The lowest BCUT2D eigenvalue weighted by Gasteiger charge is -2.35. The van der Waals surface area contributed by atoms with Crippen molar-refractivity contribution in [3.63, 3.8) is 0 Å². The van der Waals surface area contributed by atoms with Crippen LogP contribution in [0.4, 0.5) is 4.79 Å². The van der Waals surface area contributed by atoms with Crippen molar-refractivity contribution in [3.8, 4) is 0 Å². The van der Waals surface area contributed by atoms with E-state index in [1.165, 1.54) is 11.1 Å². The minimum absolute atomic E-state index is 0.00400. The Hall–Kier alpha value is -6.68. The van der Waals surface area contributed by atoms with Crippen molar-refractivity contribution in [2.24, 2.45) is 28.1 Å². The second kappa shape index (κ2) is 45.6. The molecule has 21 heteroatoms. The Kier molecular flexibility index (Phi) is 44.3. The van der Waals surface area contributed by atoms with Gasteiger partial charge < -0.3 is 36.1 Å². The number of esters is 1. The fourth-order valence-corrected chi connectivity index (χ4v) is 8.97. The smallest absolute Gasteiger partial charge is 0.407 e. The van der Waals surface area contributed by atoms with Crippen molar-refractivity contribution in [1.82, 2.24) is 26.6 Å². The second-order valence-corrected chi connectivity index (χ2v) is 27.5. The lowest BCUT2D eigenvalue weighted by atomic mass is 9.73. The number of nitrogens with one attached hydrogen (secondary N) is 5. The molecule has 0 saturated carbocycles. The van der Waals surface area contributed by atoms with Crippen molar-refractivity contribution in [2.75, 3.05) is 19.6 Å². The number of hydrogen-bond acceptors (Lipinski definition) is 16. The molecule has 5 N–H and O–H groups in total. The Morgan fingerprint density at radius 1 is 0.483 bits per heavy atom. The van der Waals surface area contributed by atoms with E-state index in [0.29, 0.717) is 90.3 Å². The van der Waals surface area contributed by atoms with E-state index in [0.717, 1.165) is 44.9 Å². The summed E-state index contributed by atoms with van der Waals surface area (Å²) in [6.07, 6.45) is 12.0. The molecule has 1 aromatic rings. The zero-order valence-corrected chi connectivity index (χ0v) is 55.6. The quantitative estimate of drug-likeness (QED) is 0.0237. The van der Waals surface area contributed by atoms with Gasteiger partial charge in [-0.05, 0) is 153 Å². The fourth-order valence-electron chi connectivity index (χ4n) is 8.97. The first-order chi connectivity index (χ1) is 40.3. The molecule has 3 unspecified atom stereocenters. The number of amides is 5. The van der Waals surface area contributed by atoms with E-state index < -0.39 is 46.9 Å². The Bertz CT molecular complexity index is 2270. The summed E-state index contributed by atoms with van der Waals surface area (Å²) in [5.74, 6) is -3.13. The van der Waals surface area contributed by atoms with Gasteiger partial charge >= 0.3 is 30.5 Å². The number of ether oxygens (including phenoxy) is 2. The highest BCUT2D eigenvalue weighted by Crippen LogP contribution is 2.36. The maximum absolute atomic E-state index is 14.1. The van der Waals surface area contributed by atoms with Crippen LogP contribution in [-0.2, 0) is 78.2 Å². The Balaban J connectivity index is -0.00000734. The SMILES string of the molecule is Cc1ccc(CCCC(=O)NCCCC[C@H](NC(=O)C(CCCCNC(=O)OC(C)(C)C)CC(=O)CCCCCCCNC(=O)CCC(NC(=O)CC(CCC(C)(C)C)C(C)(C)C)C(C)(C)C)C(=O)C(=O)OC(C)(C)C)cc1.O=C=O.O=C=O.O=C=O. The Labute approximate surface area is 519 Å². The van der Waals surface area contributed by atoms with Crippen LogP contribution >= 0.6 is 0 Å². The maximum Gasteiger partial charge on any atom is 0.407 e. The molecular formula is C66H109N5O16. The van der Waals surface area contributed by atoms with Crippen molar-refractivity contribution in [2.45, 2.75) is 269 Å². The van der Waals surface area contributed by atoms with Gasteiger partial charge in [-0.25, -0.2) is 9.59 Å². The molecule has 494 valence electrons. The summed E-state index contributed by atoms with van der Waals surface area (Å²) in [7, 11) is 0. The average Bonchev–Trinajstić information content (AvgIpc) is 3.57. The summed E-state index contributed by atoms with van der Waals surface area (Å²) in [6, 6.07) is 6.91. The van der Waals surface area contributed by atoms with E-state index in [2.05, 4.69) is 113 Å². The molecule has 1 aromatic carbocycles.